The summed E-state index contributed by atoms with van der Waals surface area (Å²) >= 11 is 0. The van der Waals surface area contributed by atoms with Gasteiger partial charge in [-0.1, -0.05) is 40.0 Å². The zero-order valence-electron chi connectivity index (χ0n) is 11.6. The molecule has 2 unspecified atom stereocenters. The molecule has 0 bridgehead atoms. The Bertz CT molecular complexity index is 248. The van der Waals surface area contributed by atoms with Gasteiger partial charge in [0.25, 0.3) is 0 Å². The van der Waals surface area contributed by atoms with Gasteiger partial charge in [-0.05, 0) is 30.1 Å². The summed E-state index contributed by atoms with van der Waals surface area (Å²) in [6.45, 7) is 6.78. The first-order valence-corrected chi connectivity index (χ1v) is 6.75. The molecule has 0 heterocycles. The average molecular weight is 242 g/mol. The van der Waals surface area contributed by atoms with Crippen LogP contribution in [0, 0.1) is 17.3 Å². The molecule has 1 aliphatic rings. The van der Waals surface area contributed by atoms with Crippen molar-refractivity contribution in [1.29, 1.82) is 0 Å². The molecule has 17 heavy (non-hydrogen) atoms. The summed E-state index contributed by atoms with van der Waals surface area (Å²) in [4.78, 5) is 20.3. The van der Waals surface area contributed by atoms with E-state index in [9.17, 15) is 4.79 Å². The van der Waals surface area contributed by atoms with Crippen LogP contribution < -0.4 is 0 Å². The Labute approximate surface area is 105 Å². The van der Waals surface area contributed by atoms with Crippen molar-refractivity contribution >= 4 is 5.97 Å². The standard InChI is InChI=1S/C14H26O3/c1-5-6-7-8-11-9-12(14(11,2)3)10-13(15)17-16-4/h11-12H,5-10H2,1-4H3. The summed E-state index contributed by atoms with van der Waals surface area (Å²) in [5.74, 6) is 0.990. The van der Waals surface area contributed by atoms with Gasteiger partial charge in [0.05, 0.1) is 13.5 Å². The molecular formula is C14H26O3. The second kappa shape index (κ2) is 6.39. The maximum absolute atomic E-state index is 11.4. The lowest BCUT2D eigenvalue weighted by atomic mass is 9.52. The van der Waals surface area contributed by atoms with Crippen LogP contribution in [0.1, 0.15) is 59.3 Å². The first-order chi connectivity index (χ1) is 8.02. The van der Waals surface area contributed by atoms with E-state index in [1.54, 1.807) is 0 Å². The highest BCUT2D eigenvalue weighted by molar-refractivity contribution is 5.69. The number of carbonyl (C=O) groups excluding carboxylic acids is 1. The molecule has 0 radical (unpaired) electrons. The smallest absolute Gasteiger partial charge is 0.299 e. The molecular weight excluding hydrogens is 216 g/mol. The predicted molar refractivity (Wildman–Crippen MR) is 67.2 cm³/mol. The Morgan fingerprint density at radius 3 is 2.53 bits per heavy atom. The van der Waals surface area contributed by atoms with E-state index < -0.39 is 0 Å². The minimum atomic E-state index is -0.238. The zero-order chi connectivity index (χ0) is 12.9. The molecule has 0 spiro atoms. The molecule has 0 aromatic rings. The van der Waals surface area contributed by atoms with E-state index in [-0.39, 0.29) is 11.4 Å². The number of hydrogen-bond acceptors (Lipinski definition) is 3. The molecule has 0 aromatic heterocycles. The van der Waals surface area contributed by atoms with Crippen LogP contribution in [0.4, 0.5) is 0 Å². The Morgan fingerprint density at radius 1 is 1.29 bits per heavy atom. The molecule has 0 N–H and O–H groups in total. The lowest BCUT2D eigenvalue weighted by molar-refractivity contribution is -0.258. The Kier molecular flexibility index (Phi) is 5.44. The minimum absolute atomic E-state index is 0.238. The van der Waals surface area contributed by atoms with Gasteiger partial charge in [-0.2, -0.15) is 4.89 Å². The number of unbranched alkanes of at least 4 members (excludes halogenated alkanes) is 2. The maximum atomic E-state index is 11.4. The third kappa shape index (κ3) is 3.70. The summed E-state index contributed by atoms with van der Waals surface area (Å²) in [6.07, 6.45) is 6.87. The normalized spacial score (nSPS) is 26.4. The van der Waals surface area contributed by atoms with Gasteiger partial charge in [-0.3, -0.25) is 4.89 Å². The first-order valence-electron chi connectivity index (χ1n) is 6.75. The van der Waals surface area contributed by atoms with E-state index in [1.807, 2.05) is 0 Å². The number of carbonyl (C=O) groups is 1. The SMILES string of the molecule is CCCCCC1CC(CC(=O)OOC)C1(C)C. The van der Waals surface area contributed by atoms with Crippen molar-refractivity contribution in [2.24, 2.45) is 17.3 Å². The van der Waals surface area contributed by atoms with Gasteiger partial charge in [0, 0.05) is 0 Å². The van der Waals surface area contributed by atoms with Crippen LogP contribution in [0.5, 0.6) is 0 Å². The lowest BCUT2D eigenvalue weighted by Crippen LogP contribution is -2.45. The Hall–Kier alpha value is -0.570. The topological polar surface area (TPSA) is 35.5 Å². The molecule has 0 aromatic carbocycles. The van der Waals surface area contributed by atoms with Crippen molar-refractivity contribution in [3.8, 4) is 0 Å². The second-order valence-electron chi connectivity index (χ2n) is 5.77. The fraction of sp³-hybridized carbons (Fsp3) is 0.929. The van der Waals surface area contributed by atoms with Gasteiger partial charge >= 0.3 is 5.97 Å². The van der Waals surface area contributed by atoms with Crippen molar-refractivity contribution in [3.05, 3.63) is 0 Å². The van der Waals surface area contributed by atoms with E-state index >= 15 is 0 Å². The minimum Gasteiger partial charge on any atom is -0.299 e. The molecule has 100 valence electrons. The van der Waals surface area contributed by atoms with Crippen LogP contribution in [-0.4, -0.2) is 13.1 Å². The number of hydrogen-bond donors (Lipinski definition) is 0. The van der Waals surface area contributed by atoms with Crippen LogP contribution >= 0.6 is 0 Å². The van der Waals surface area contributed by atoms with Gasteiger partial charge < -0.3 is 0 Å². The third-order valence-electron chi connectivity index (χ3n) is 4.42. The Balaban J connectivity index is 2.30. The molecule has 0 aliphatic heterocycles. The van der Waals surface area contributed by atoms with Gasteiger partial charge in [0.2, 0.25) is 0 Å². The molecule has 1 rings (SSSR count). The average Bonchev–Trinajstić information content (AvgIpc) is 2.27. The van der Waals surface area contributed by atoms with Crippen molar-refractivity contribution in [1.82, 2.24) is 0 Å². The first kappa shape index (κ1) is 14.5. The van der Waals surface area contributed by atoms with Crippen molar-refractivity contribution in [2.45, 2.75) is 59.3 Å². The van der Waals surface area contributed by atoms with Gasteiger partial charge in [-0.25, -0.2) is 4.79 Å². The summed E-state index contributed by atoms with van der Waals surface area (Å²) in [5, 5.41) is 0. The fourth-order valence-electron chi connectivity index (χ4n) is 2.93. The molecule has 0 saturated heterocycles. The zero-order valence-corrected chi connectivity index (χ0v) is 11.6. The van der Waals surface area contributed by atoms with Crippen LogP contribution in [0.25, 0.3) is 0 Å². The summed E-state index contributed by atoms with van der Waals surface area (Å²) in [6, 6.07) is 0. The molecule has 3 nitrogen and oxygen atoms in total. The highest BCUT2D eigenvalue weighted by Gasteiger charge is 2.48. The lowest BCUT2D eigenvalue weighted by Gasteiger charge is -2.52. The van der Waals surface area contributed by atoms with Crippen molar-refractivity contribution in [3.63, 3.8) is 0 Å². The van der Waals surface area contributed by atoms with Crippen LogP contribution in [0.15, 0.2) is 0 Å². The molecule has 1 fully saturated rings. The van der Waals surface area contributed by atoms with E-state index in [0.717, 1.165) is 12.3 Å². The molecule has 1 saturated carbocycles. The highest BCUT2D eigenvalue weighted by Crippen LogP contribution is 2.54. The van der Waals surface area contributed by atoms with E-state index in [4.69, 9.17) is 0 Å². The van der Waals surface area contributed by atoms with Crippen LogP contribution in [0.2, 0.25) is 0 Å². The van der Waals surface area contributed by atoms with Gasteiger partial charge in [0.1, 0.15) is 0 Å². The van der Waals surface area contributed by atoms with E-state index in [1.165, 1.54) is 32.8 Å². The van der Waals surface area contributed by atoms with Crippen molar-refractivity contribution < 1.29 is 14.6 Å². The monoisotopic (exact) mass is 242 g/mol. The van der Waals surface area contributed by atoms with Crippen LogP contribution in [-0.2, 0) is 14.6 Å². The maximum Gasteiger partial charge on any atom is 0.342 e. The van der Waals surface area contributed by atoms with Crippen LogP contribution in [0.3, 0.4) is 0 Å². The third-order valence-corrected chi connectivity index (χ3v) is 4.42. The summed E-state index contributed by atoms with van der Waals surface area (Å²) < 4.78 is 0. The molecule has 0 amide bonds. The fourth-order valence-corrected chi connectivity index (χ4v) is 2.93. The molecule has 3 heteroatoms. The van der Waals surface area contributed by atoms with Gasteiger partial charge in [-0.15, -0.1) is 0 Å². The quantitative estimate of drug-likeness (QED) is 0.388. The Morgan fingerprint density at radius 2 is 2.00 bits per heavy atom. The summed E-state index contributed by atoms with van der Waals surface area (Å²) in [5.41, 5.74) is 0.278. The van der Waals surface area contributed by atoms with E-state index in [2.05, 4.69) is 30.5 Å². The summed E-state index contributed by atoms with van der Waals surface area (Å²) in [7, 11) is 1.37. The largest absolute Gasteiger partial charge is 0.342 e. The highest BCUT2D eigenvalue weighted by atomic mass is 17.2. The number of rotatable bonds is 7. The molecule has 2 atom stereocenters. The predicted octanol–water partition coefficient (Wildman–Crippen LogP) is 3.72. The molecule has 1 aliphatic carbocycles. The van der Waals surface area contributed by atoms with Crippen molar-refractivity contribution in [2.75, 3.05) is 7.11 Å². The van der Waals surface area contributed by atoms with E-state index in [0.29, 0.717) is 12.3 Å². The second-order valence-corrected chi connectivity index (χ2v) is 5.77. The van der Waals surface area contributed by atoms with Gasteiger partial charge in [0.15, 0.2) is 0 Å².